The van der Waals surface area contributed by atoms with Crippen LogP contribution in [0.1, 0.15) is 43.0 Å². The number of nitrogens with zero attached hydrogens (tertiary/aromatic N) is 1. The first-order valence-corrected chi connectivity index (χ1v) is 7.05. The summed E-state index contributed by atoms with van der Waals surface area (Å²) in [5.41, 5.74) is 3.66. The second kappa shape index (κ2) is 5.75. The van der Waals surface area contributed by atoms with E-state index in [0.29, 0.717) is 0 Å². The second-order valence-electron chi connectivity index (χ2n) is 5.83. The molecular weight excluding hydrogens is 254 g/mol. The maximum absolute atomic E-state index is 6.61. The van der Waals surface area contributed by atoms with Gasteiger partial charge in [-0.1, -0.05) is 51.1 Å². The van der Waals surface area contributed by atoms with E-state index in [9.17, 15) is 0 Å². The predicted octanol–water partition coefficient (Wildman–Crippen LogP) is 4.90. The summed E-state index contributed by atoms with van der Waals surface area (Å²) in [5, 5.41) is -0.0367. The lowest BCUT2D eigenvalue weighted by molar-refractivity contribution is 0.580. The summed E-state index contributed by atoms with van der Waals surface area (Å²) in [4.78, 5) is 4.35. The average Bonchev–Trinajstić information content (AvgIpc) is 2.39. The Labute approximate surface area is 120 Å². The van der Waals surface area contributed by atoms with Crippen LogP contribution >= 0.6 is 11.6 Å². The summed E-state index contributed by atoms with van der Waals surface area (Å²) >= 11 is 6.61. The number of pyridine rings is 1. The summed E-state index contributed by atoms with van der Waals surface area (Å²) in [5.74, 6) is 0. The van der Waals surface area contributed by atoms with Crippen LogP contribution in [0.3, 0.4) is 0 Å². The van der Waals surface area contributed by atoms with Gasteiger partial charge in [-0.25, -0.2) is 0 Å². The molecule has 1 aromatic heterocycles. The number of benzene rings is 1. The monoisotopic (exact) mass is 273 g/mol. The lowest BCUT2D eigenvalue weighted by Crippen LogP contribution is -2.15. The van der Waals surface area contributed by atoms with Gasteiger partial charge in [-0.05, 0) is 28.7 Å². The van der Waals surface area contributed by atoms with Crippen molar-refractivity contribution in [2.45, 2.75) is 38.0 Å². The first-order valence-electron chi connectivity index (χ1n) is 6.62. The molecule has 2 heteroatoms. The van der Waals surface area contributed by atoms with Crippen molar-refractivity contribution in [2.75, 3.05) is 0 Å². The number of alkyl halides is 1. The summed E-state index contributed by atoms with van der Waals surface area (Å²) in [7, 11) is 0. The molecule has 1 aromatic carbocycles. The zero-order valence-electron chi connectivity index (χ0n) is 11.7. The number of halogens is 1. The highest BCUT2D eigenvalue weighted by molar-refractivity contribution is 6.21. The van der Waals surface area contributed by atoms with Gasteiger partial charge in [0, 0.05) is 18.3 Å². The van der Waals surface area contributed by atoms with E-state index in [4.69, 9.17) is 11.6 Å². The van der Waals surface area contributed by atoms with Gasteiger partial charge in [-0.3, -0.25) is 4.98 Å². The third-order valence-electron chi connectivity index (χ3n) is 3.22. The molecule has 0 radical (unpaired) electrons. The van der Waals surface area contributed by atoms with E-state index >= 15 is 0 Å². The minimum absolute atomic E-state index is 0.0367. The van der Waals surface area contributed by atoms with E-state index in [1.165, 1.54) is 11.1 Å². The maximum Gasteiger partial charge on any atom is 0.0643 e. The van der Waals surface area contributed by atoms with Crippen LogP contribution in [0.5, 0.6) is 0 Å². The van der Waals surface area contributed by atoms with Crippen LogP contribution in [0.2, 0.25) is 0 Å². The molecule has 0 spiro atoms. The van der Waals surface area contributed by atoms with Crippen LogP contribution < -0.4 is 0 Å². The Morgan fingerprint density at radius 1 is 1.05 bits per heavy atom. The van der Waals surface area contributed by atoms with E-state index < -0.39 is 0 Å². The van der Waals surface area contributed by atoms with Crippen molar-refractivity contribution in [3.63, 3.8) is 0 Å². The summed E-state index contributed by atoms with van der Waals surface area (Å²) in [6.07, 6.45) is 2.57. The first kappa shape index (κ1) is 14.1. The number of hydrogen-bond donors (Lipinski definition) is 0. The largest absolute Gasteiger partial charge is 0.261 e. The van der Waals surface area contributed by atoms with Crippen LogP contribution in [-0.2, 0) is 11.8 Å². The molecule has 0 amide bonds. The molecule has 100 valence electrons. The van der Waals surface area contributed by atoms with Crippen molar-refractivity contribution in [1.82, 2.24) is 4.98 Å². The molecule has 1 unspecified atom stereocenters. The van der Waals surface area contributed by atoms with Gasteiger partial charge < -0.3 is 0 Å². The zero-order valence-corrected chi connectivity index (χ0v) is 12.5. The van der Waals surface area contributed by atoms with E-state index in [2.05, 4.69) is 50.0 Å². The van der Waals surface area contributed by atoms with Crippen molar-refractivity contribution >= 4 is 11.6 Å². The molecule has 1 heterocycles. The third kappa shape index (κ3) is 3.57. The molecule has 19 heavy (non-hydrogen) atoms. The zero-order chi connectivity index (χ0) is 13.9. The summed E-state index contributed by atoms with van der Waals surface area (Å²) in [6.45, 7) is 6.66. The number of rotatable bonds is 3. The fourth-order valence-electron chi connectivity index (χ4n) is 2.27. The molecule has 0 aliphatic carbocycles. The van der Waals surface area contributed by atoms with Gasteiger partial charge in [-0.2, -0.15) is 0 Å². The van der Waals surface area contributed by atoms with Crippen LogP contribution in [-0.4, -0.2) is 4.98 Å². The van der Waals surface area contributed by atoms with Crippen molar-refractivity contribution in [1.29, 1.82) is 0 Å². The Balaban J connectivity index is 2.27. The molecular formula is C17H20ClN. The molecule has 2 rings (SSSR count). The minimum atomic E-state index is -0.0367. The summed E-state index contributed by atoms with van der Waals surface area (Å²) < 4.78 is 0. The first-order chi connectivity index (χ1) is 8.98. The standard InChI is InChI=1S/C17H20ClN/c1-17(2,3)15-10-5-4-9-14(15)16(18)12-13-8-6-7-11-19-13/h4-11,16H,12H2,1-3H3. The maximum atomic E-state index is 6.61. The highest BCUT2D eigenvalue weighted by Crippen LogP contribution is 2.33. The molecule has 0 fully saturated rings. The van der Waals surface area contributed by atoms with E-state index in [0.717, 1.165) is 12.1 Å². The van der Waals surface area contributed by atoms with Crippen molar-refractivity contribution in [3.05, 3.63) is 65.5 Å². The fraction of sp³-hybridized carbons (Fsp3) is 0.353. The quantitative estimate of drug-likeness (QED) is 0.725. The van der Waals surface area contributed by atoms with Gasteiger partial charge in [-0.15, -0.1) is 11.6 Å². The SMILES string of the molecule is CC(C)(C)c1ccccc1C(Cl)Cc1ccccn1. The minimum Gasteiger partial charge on any atom is -0.261 e. The Morgan fingerprint density at radius 3 is 2.37 bits per heavy atom. The second-order valence-corrected chi connectivity index (χ2v) is 6.36. The molecule has 0 aliphatic rings. The summed E-state index contributed by atoms with van der Waals surface area (Å²) in [6, 6.07) is 14.4. The lowest BCUT2D eigenvalue weighted by atomic mass is 9.82. The van der Waals surface area contributed by atoms with E-state index in [-0.39, 0.29) is 10.8 Å². The number of aromatic nitrogens is 1. The van der Waals surface area contributed by atoms with Gasteiger partial charge in [0.1, 0.15) is 0 Å². The highest BCUT2D eigenvalue weighted by Gasteiger charge is 2.21. The molecule has 0 bridgehead atoms. The van der Waals surface area contributed by atoms with Crippen LogP contribution in [0.25, 0.3) is 0 Å². The normalized spacial score (nSPS) is 13.3. The Kier molecular flexibility index (Phi) is 4.26. The molecule has 0 saturated carbocycles. The average molecular weight is 274 g/mol. The van der Waals surface area contributed by atoms with Gasteiger partial charge in [0.25, 0.3) is 0 Å². The van der Waals surface area contributed by atoms with Crippen molar-refractivity contribution in [3.8, 4) is 0 Å². The fourth-order valence-corrected chi connectivity index (χ4v) is 2.61. The van der Waals surface area contributed by atoms with Crippen molar-refractivity contribution in [2.24, 2.45) is 0 Å². The molecule has 2 aromatic rings. The Hall–Kier alpha value is -1.34. The Morgan fingerprint density at radius 2 is 1.74 bits per heavy atom. The molecule has 1 atom stereocenters. The van der Waals surface area contributed by atoms with Gasteiger partial charge in [0.15, 0.2) is 0 Å². The van der Waals surface area contributed by atoms with E-state index in [1.54, 1.807) is 0 Å². The number of hydrogen-bond acceptors (Lipinski definition) is 1. The molecule has 1 nitrogen and oxygen atoms in total. The Bertz CT molecular complexity index is 528. The smallest absolute Gasteiger partial charge is 0.0643 e. The van der Waals surface area contributed by atoms with Crippen molar-refractivity contribution < 1.29 is 0 Å². The van der Waals surface area contributed by atoms with Crippen LogP contribution in [0, 0.1) is 0 Å². The van der Waals surface area contributed by atoms with Gasteiger partial charge in [0.2, 0.25) is 0 Å². The molecule has 0 aliphatic heterocycles. The van der Waals surface area contributed by atoms with Crippen LogP contribution in [0.4, 0.5) is 0 Å². The van der Waals surface area contributed by atoms with Gasteiger partial charge >= 0.3 is 0 Å². The van der Waals surface area contributed by atoms with Crippen LogP contribution in [0.15, 0.2) is 48.7 Å². The van der Waals surface area contributed by atoms with E-state index in [1.807, 2.05) is 24.4 Å². The third-order valence-corrected chi connectivity index (χ3v) is 3.61. The predicted molar refractivity (Wildman–Crippen MR) is 81.7 cm³/mol. The molecule has 0 N–H and O–H groups in total. The topological polar surface area (TPSA) is 12.9 Å². The van der Waals surface area contributed by atoms with Gasteiger partial charge in [0.05, 0.1) is 5.38 Å². The lowest BCUT2D eigenvalue weighted by Gasteiger charge is -2.25. The highest BCUT2D eigenvalue weighted by atomic mass is 35.5. The molecule has 0 saturated heterocycles.